The van der Waals surface area contributed by atoms with Crippen molar-refractivity contribution in [1.29, 1.82) is 0 Å². The van der Waals surface area contributed by atoms with Crippen molar-refractivity contribution in [1.82, 2.24) is 19.2 Å². The van der Waals surface area contributed by atoms with Crippen LogP contribution >= 0.6 is 39.0 Å². The molecule has 6 nitrogen and oxygen atoms in total. The maximum absolute atomic E-state index is 13.8. The summed E-state index contributed by atoms with van der Waals surface area (Å²) in [5, 5.41) is 10.2. The Morgan fingerprint density at radius 3 is 2.71 bits per heavy atom. The van der Waals surface area contributed by atoms with Crippen LogP contribution in [0.2, 0.25) is 0 Å². The minimum Gasteiger partial charge on any atom is -0.293 e. The van der Waals surface area contributed by atoms with Gasteiger partial charge in [-0.1, -0.05) is 58.0 Å². The third kappa shape index (κ3) is 3.45. The lowest BCUT2D eigenvalue weighted by molar-refractivity contribution is 0.102. The lowest BCUT2D eigenvalue weighted by atomic mass is 10.1. The Labute approximate surface area is 211 Å². The van der Waals surface area contributed by atoms with E-state index in [-0.39, 0.29) is 17.1 Å². The van der Waals surface area contributed by atoms with Crippen molar-refractivity contribution in [3.8, 4) is 5.69 Å². The van der Waals surface area contributed by atoms with Crippen LogP contribution in [0, 0.1) is 6.92 Å². The van der Waals surface area contributed by atoms with Crippen LogP contribution in [0.3, 0.4) is 0 Å². The number of carbonyl (C=O) groups is 1. The molecule has 0 atom stereocenters. The van der Waals surface area contributed by atoms with Crippen molar-refractivity contribution < 1.29 is 4.79 Å². The van der Waals surface area contributed by atoms with Gasteiger partial charge in [0.2, 0.25) is 5.78 Å². The van der Waals surface area contributed by atoms with Crippen molar-refractivity contribution in [2.45, 2.75) is 31.3 Å². The number of halogens is 1. The summed E-state index contributed by atoms with van der Waals surface area (Å²) in [7, 11) is 0. The summed E-state index contributed by atoms with van der Waals surface area (Å²) < 4.78 is 4.57. The quantitative estimate of drug-likeness (QED) is 0.209. The molecular formula is C25H19BrN4O2S2. The molecule has 1 aliphatic rings. The third-order valence-electron chi connectivity index (χ3n) is 6.19. The van der Waals surface area contributed by atoms with Crippen LogP contribution in [-0.2, 0) is 12.8 Å². The van der Waals surface area contributed by atoms with E-state index in [1.807, 2.05) is 59.9 Å². The number of carbonyl (C=O) groups excluding carboxylic acids is 1. The second-order valence-corrected chi connectivity index (χ2v) is 11.2. The number of hydrogen-bond acceptors (Lipinski definition) is 6. The van der Waals surface area contributed by atoms with E-state index in [0.29, 0.717) is 16.5 Å². The number of aryl methyl sites for hydroxylation is 3. The fourth-order valence-electron chi connectivity index (χ4n) is 4.53. The largest absolute Gasteiger partial charge is 0.293 e. The zero-order valence-corrected chi connectivity index (χ0v) is 21.5. The molecule has 170 valence electrons. The molecular weight excluding hydrogens is 532 g/mol. The zero-order valence-electron chi connectivity index (χ0n) is 18.2. The van der Waals surface area contributed by atoms with Crippen LogP contribution < -0.4 is 5.56 Å². The van der Waals surface area contributed by atoms with Gasteiger partial charge in [0.05, 0.1) is 16.8 Å². The van der Waals surface area contributed by atoms with E-state index < -0.39 is 0 Å². The van der Waals surface area contributed by atoms with E-state index >= 15 is 0 Å². The number of thioether (sulfide) groups is 1. The normalized spacial score (nSPS) is 13.1. The Hall–Kier alpha value is -2.75. The van der Waals surface area contributed by atoms with Gasteiger partial charge in [0.1, 0.15) is 4.83 Å². The van der Waals surface area contributed by atoms with E-state index in [4.69, 9.17) is 0 Å². The SMILES string of the molecule is Cc1ccccc1-n1c(=O)c2c3c(sc2n2c(SCC(=O)c4ccc(Br)cc4)nnc12)CCC3. The van der Waals surface area contributed by atoms with Crippen LogP contribution in [0.4, 0.5) is 0 Å². The summed E-state index contributed by atoms with van der Waals surface area (Å²) in [6, 6.07) is 15.2. The number of rotatable bonds is 5. The van der Waals surface area contributed by atoms with Crippen molar-refractivity contribution in [3.63, 3.8) is 0 Å². The first-order valence-electron chi connectivity index (χ1n) is 10.9. The summed E-state index contributed by atoms with van der Waals surface area (Å²) in [5.41, 5.74) is 3.55. The molecule has 0 fully saturated rings. The van der Waals surface area contributed by atoms with Crippen LogP contribution in [-0.4, -0.2) is 30.7 Å². The Morgan fingerprint density at radius 1 is 1.12 bits per heavy atom. The number of hydrogen-bond donors (Lipinski definition) is 0. The molecule has 34 heavy (non-hydrogen) atoms. The van der Waals surface area contributed by atoms with E-state index in [2.05, 4.69) is 26.1 Å². The molecule has 9 heteroatoms. The number of aromatic nitrogens is 4. The molecule has 2 aromatic carbocycles. The maximum Gasteiger partial charge on any atom is 0.268 e. The molecule has 0 radical (unpaired) electrons. The van der Waals surface area contributed by atoms with E-state index in [1.165, 1.54) is 16.6 Å². The van der Waals surface area contributed by atoms with Gasteiger partial charge in [-0.3, -0.25) is 9.59 Å². The van der Waals surface area contributed by atoms with Gasteiger partial charge in [0.25, 0.3) is 5.56 Å². The van der Waals surface area contributed by atoms with E-state index in [9.17, 15) is 9.59 Å². The molecule has 0 N–H and O–H groups in total. The number of Topliss-reactive ketones (excluding diaryl/α,β-unsaturated/α-hetero) is 1. The van der Waals surface area contributed by atoms with Gasteiger partial charge in [-0.15, -0.1) is 21.5 Å². The lowest BCUT2D eigenvalue weighted by Gasteiger charge is -2.12. The van der Waals surface area contributed by atoms with Crippen LogP contribution in [0.25, 0.3) is 21.7 Å². The standard InChI is InChI=1S/C25H19BrN4O2S2/c1-14-5-2-3-7-18(14)29-22(32)21-17-6-4-8-20(17)34-23(21)30-24(29)27-28-25(30)33-13-19(31)15-9-11-16(26)12-10-15/h2-3,5,7,9-12H,4,6,8,13H2,1H3. The smallest absolute Gasteiger partial charge is 0.268 e. The molecule has 0 unspecified atom stereocenters. The molecule has 0 amide bonds. The van der Waals surface area contributed by atoms with Gasteiger partial charge < -0.3 is 0 Å². The average Bonchev–Trinajstić information content (AvgIpc) is 3.53. The molecule has 6 rings (SSSR count). The molecule has 0 spiro atoms. The lowest BCUT2D eigenvalue weighted by Crippen LogP contribution is -2.22. The second-order valence-electron chi connectivity index (χ2n) is 8.30. The topological polar surface area (TPSA) is 69.3 Å². The molecule has 0 bridgehead atoms. The van der Waals surface area contributed by atoms with Crippen molar-refractivity contribution in [3.05, 3.63) is 84.9 Å². The summed E-state index contributed by atoms with van der Waals surface area (Å²) >= 11 is 6.41. The highest BCUT2D eigenvalue weighted by Crippen LogP contribution is 2.37. The van der Waals surface area contributed by atoms with Gasteiger partial charge in [-0.25, -0.2) is 8.97 Å². The fraction of sp³-hybridized carbons (Fsp3) is 0.200. The summed E-state index contributed by atoms with van der Waals surface area (Å²) in [5.74, 6) is 0.732. The first kappa shape index (κ1) is 21.8. The van der Waals surface area contributed by atoms with Gasteiger partial charge >= 0.3 is 0 Å². The van der Waals surface area contributed by atoms with Gasteiger partial charge in [0.15, 0.2) is 10.9 Å². The summed E-state index contributed by atoms with van der Waals surface area (Å²) in [6.07, 6.45) is 2.98. The van der Waals surface area contributed by atoms with Crippen LogP contribution in [0.1, 0.15) is 32.8 Å². The number of ketones is 1. The maximum atomic E-state index is 13.8. The van der Waals surface area contributed by atoms with E-state index in [0.717, 1.165) is 50.8 Å². The fourth-order valence-corrected chi connectivity index (χ4v) is 7.06. The molecule has 5 aromatic rings. The Bertz CT molecular complexity index is 1650. The first-order valence-corrected chi connectivity index (χ1v) is 13.5. The Balaban J connectivity index is 1.52. The van der Waals surface area contributed by atoms with Crippen molar-refractivity contribution >= 4 is 60.8 Å². The molecule has 0 aliphatic heterocycles. The predicted molar refractivity (Wildman–Crippen MR) is 140 cm³/mol. The summed E-state index contributed by atoms with van der Waals surface area (Å²) in [4.78, 5) is 28.8. The highest BCUT2D eigenvalue weighted by Gasteiger charge is 2.27. The van der Waals surface area contributed by atoms with Crippen LogP contribution in [0.15, 0.2) is 63.0 Å². The second kappa shape index (κ2) is 8.48. The average molecular weight is 551 g/mol. The molecule has 3 aromatic heterocycles. The van der Waals surface area contributed by atoms with Crippen molar-refractivity contribution in [2.75, 3.05) is 5.75 Å². The van der Waals surface area contributed by atoms with Crippen LogP contribution in [0.5, 0.6) is 0 Å². The number of para-hydroxylation sites is 1. The van der Waals surface area contributed by atoms with Crippen molar-refractivity contribution in [2.24, 2.45) is 0 Å². The highest BCUT2D eigenvalue weighted by molar-refractivity contribution is 9.10. The monoisotopic (exact) mass is 550 g/mol. The first-order chi connectivity index (χ1) is 16.5. The number of thiophene rings is 1. The minimum absolute atomic E-state index is 0.0198. The Morgan fingerprint density at radius 2 is 1.91 bits per heavy atom. The van der Waals surface area contributed by atoms with E-state index in [1.54, 1.807) is 15.9 Å². The number of nitrogens with zero attached hydrogens (tertiary/aromatic N) is 4. The Kier molecular flexibility index (Phi) is 5.43. The molecule has 0 saturated carbocycles. The number of benzene rings is 2. The van der Waals surface area contributed by atoms with Gasteiger partial charge in [-0.05, 0) is 55.5 Å². The predicted octanol–water partition coefficient (Wildman–Crippen LogP) is 5.63. The minimum atomic E-state index is -0.0499. The van der Waals surface area contributed by atoms with Gasteiger partial charge in [0, 0.05) is 14.9 Å². The highest BCUT2D eigenvalue weighted by atomic mass is 79.9. The third-order valence-corrected chi connectivity index (χ3v) is 8.93. The summed E-state index contributed by atoms with van der Waals surface area (Å²) in [6.45, 7) is 1.99. The molecule has 0 saturated heterocycles. The zero-order chi connectivity index (χ0) is 23.4. The van der Waals surface area contributed by atoms with Gasteiger partial charge in [-0.2, -0.15) is 0 Å². The number of fused-ring (bicyclic) bond motifs is 5. The molecule has 3 heterocycles. The molecule has 1 aliphatic carbocycles.